The fourth-order valence-corrected chi connectivity index (χ4v) is 5.93. The summed E-state index contributed by atoms with van der Waals surface area (Å²) in [6, 6.07) is 24.0. The number of nitrogens with zero attached hydrogens (tertiary/aromatic N) is 1. The largest absolute Gasteiger partial charge is 0.459 e. The molecule has 1 amide bonds. The van der Waals surface area contributed by atoms with E-state index in [1.165, 1.54) is 5.56 Å². The number of nitrogens with one attached hydrogen (secondary N) is 1. The first kappa shape index (κ1) is 26.1. The van der Waals surface area contributed by atoms with Crippen molar-refractivity contribution >= 4 is 33.1 Å². The molecule has 0 radical (unpaired) electrons. The first-order valence-electron chi connectivity index (χ1n) is 13.0. The van der Waals surface area contributed by atoms with Crippen molar-refractivity contribution in [1.29, 1.82) is 0 Å². The summed E-state index contributed by atoms with van der Waals surface area (Å²) >= 11 is 1.66. The number of allylic oxidation sites excluding steroid dienone is 1. The lowest BCUT2D eigenvalue weighted by atomic mass is 9.80. The lowest BCUT2D eigenvalue weighted by Gasteiger charge is -2.37. The van der Waals surface area contributed by atoms with Crippen LogP contribution in [0.25, 0.3) is 20.8 Å². The summed E-state index contributed by atoms with van der Waals surface area (Å²) in [6.45, 7) is 4.55. The minimum atomic E-state index is -0.576. The van der Waals surface area contributed by atoms with Crippen molar-refractivity contribution in [2.75, 3.05) is 18.5 Å². The van der Waals surface area contributed by atoms with Crippen molar-refractivity contribution in [2.24, 2.45) is 5.92 Å². The van der Waals surface area contributed by atoms with Crippen LogP contribution in [-0.2, 0) is 14.3 Å². The number of hydrogen-bond acceptors (Lipinski definition) is 6. The Labute approximate surface area is 227 Å². The van der Waals surface area contributed by atoms with Gasteiger partial charge in [0.15, 0.2) is 5.76 Å². The molecule has 0 bridgehead atoms. The highest BCUT2D eigenvalue weighted by atomic mass is 32.1. The van der Waals surface area contributed by atoms with E-state index in [1.807, 2.05) is 61.5 Å². The highest BCUT2D eigenvalue weighted by molar-refractivity contribution is 7.21. The van der Waals surface area contributed by atoms with Gasteiger partial charge < -0.3 is 19.9 Å². The van der Waals surface area contributed by atoms with Gasteiger partial charge in [0.05, 0.1) is 10.2 Å². The zero-order chi connectivity index (χ0) is 26.5. The minimum absolute atomic E-state index is 0.0158. The molecule has 7 heteroatoms. The number of benzene rings is 3. The summed E-state index contributed by atoms with van der Waals surface area (Å²) in [5.74, 6) is -0.167. The van der Waals surface area contributed by atoms with Crippen LogP contribution in [0, 0.1) is 12.8 Å². The Kier molecular flexibility index (Phi) is 8.17. The molecule has 0 saturated carbocycles. The summed E-state index contributed by atoms with van der Waals surface area (Å²) in [4.78, 5) is 18.1. The average Bonchev–Trinajstić information content (AvgIpc) is 3.36. The number of hydrogen-bond donors (Lipinski definition) is 2. The number of thiazole rings is 1. The maximum Gasteiger partial charge on any atom is 0.290 e. The number of aryl methyl sites for hydroxylation is 1. The molecule has 1 aliphatic heterocycles. The lowest BCUT2D eigenvalue weighted by molar-refractivity contribution is -0.165. The van der Waals surface area contributed by atoms with Crippen molar-refractivity contribution in [3.8, 4) is 10.6 Å². The number of aliphatic hydroxyl groups is 1. The number of aliphatic hydroxyl groups excluding tert-OH is 1. The normalized spacial score (nSPS) is 19.1. The Morgan fingerprint density at radius 1 is 1.11 bits per heavy atom. The Morgan fingerprint density at radius 3 is 2.63 bits per heavy atom. The quantitative estimate of drug-likeness (QED) is 0.254. The number of rotatable bonds is 9. The van der Waals surface area contributed by atoms with Gasteiger partial charge in [0.2, 0.25) is 6.29 Å². The van der Waals surface area contributed by atoms with Crippen LogP contribution in [-0.4, -0.2) is 35.5 Å². The Morgan fingerprint density at radius 2 is 1.89 bits per heavy atom. The first-order chi connectivity index (χ1) is 18.6. The molecule has 3 unspecified atom stereocenters. The molecule has 38 heavy (non-hydrogen) atoms. The average molecular weight is 529 g/mol. The van der Waals surface area contributed by atoms with Gasteiger partial charge in [0, 0.05) is 36.3 Å². The standard InChI is InChI=1S/C31H32N2O4S/c1-3-36-31-24(10-7-17-34)25(21-8-5-4-6-9-21)19-27(37-31)29(35)32-23-14-12-22(13-15-23)30-33-26-16-11-20(2)18-28(26)38-30/h4-6,8-9,11-16,18-19,24-25,31,34H,3,7,10,17H2,1-2H3,(H,32,35). The molecule has 196 valence electrons. The molecule has 0 aliphatic carbocycles. The number of ether oxygens (including phenoxy) is 2. The Hall–Kier alpha value is -3.52. The summed E-state index contributed by atoms with van der Waals surface area (Å²) < 4.78 is 13.2. The predicted molar refractivity (Wildman–Crippen MR) is 152 cm³/mol. The molecular weight excluding hydrogens is 496 g/mol. The van der Waals surface area contributed by atoms with E-state index in [0.29, 0.717) is 18.7 Å². The lowest BCUT2D eigenvalue weighted by Crippen LogP contribution is -2.37. The van der Waals surface area contributed by atoms with Crippen LogP contribution in [0.2, 0.25) is 0 Å². The summed E-state index contributed by atoms with van der Waals surface area (Å²) in [5, 5.41) is 13.4. The van der Waals surface area contributed by atoms with Crippen LogP contribution in [0.15, 0.2) is 84.6 Å². The van der Waals surface area contributed by atoms with Crippen molar-refractivity contribution < 1.29 is 19.4 Å². The zero-order valence-electron chi connectivity index (χ0n) is 21.6. The van der Waals surface area contributed by atoms with Crippen LogP contribution >= 0.6 is 11.3 Å². The van der Waals surface area contributed by atoms with Crippen molar-refractivity contribution in [3.63, 3.8) is 0 Å². The molecule has 3 atom stereocenters. The number of carbonyl (C=O) groups is 1. The second kappa shape index (κ2) is 11.9. The first-order valence-corrected chi connectivity index (χ1v) is 13.8. The van der Waals surface area contributed by atoms with E-state index in [0.717, 1.165) is 32.8 Å². The van der Waals surface area contributed by atoms with Crippen LogP contribution in [0.3, 0.4) is 0 Å². The molecule has 6 nitrogen and oxygen atoms in total. The van der Waals surface area contributed by atoms with Gasteiger partial charge in [-0.25, -0.2) is 4.98 Å². The number of amides is 1. The molecule has 5 rings (SSSR count). The van der Waals surface area contributed by atoms with Gasteiger partial charge in [0.1, 0.15) is 5.01 Å². The fraction of sp³-hybridized carbons (Fsp3) is 0.290. The Balaban J connectivity index is 1.36. The van der Waals surface area contributed by atoms with Gasteiger partial charge in [-0.05, 0) is 80.3 Å². The van der Waals surface area contributed by atoms with E-state index in [-0.39, 0.29) is 30.1 Å². The number of anilines is 1. The van der Waals surface area contributed by atoms with Crippen LogP contribution < -0.4 is 5.32 Å². The highest BCUT2D eigenvalue weighted by Gasteiger charge is 2.37. The van der Waals surface area contributed by atoms with Crippen LogP contribution in [0.5, 0.6) is 0 Å². The van der Waals surface area contributed by atoms with E-state index < -0.39 is 6.29 Å². The topological polar surface area (TPSA) is 80.7 Å². The zero-order valence-corrected chi connectivity index (χ0v) is 22.4. The SMILES string of the molecule is CCOC1OC(C(=O)Nc2ccc(-c3nc4ccc(C)cc4s3)cc2)=CC(c2ccccc2)C1CCCO. The van der Waals surface area contributed by atoms with E-state index in [1.54, 1.807) is 11.3 Å². The van der Waals surface area contributed by atoms with Crippen LogP contribution in [0.1, 0.15) is 36.8 Å². The van der Waals surface area contributed by atoms with Gasteiger partial charge in [0.25, 0.3) is 5.91 Å². The van der Waals surface area contributed by atoms with Gasteiger partial charge in [-0.15, -0.1) is 11.3 Å². The molecule has 4 aromatic rings. The third-order valence-electron chi connectivity index (χ3n) is 6.75. The van der Waals surface area contributed by atoms with Crippen LogP contribution in [0.4, 0.5) is 5.69 Å². The van der Waals surface area contributed by atoms with Crippen molar-refractivity contribution in [3.05, 3.63) is 95.8 Å². The van der Waals surface area contributed by atoms with E-state index >= 15 is 0 Å². The number of fused-ring (bicyclic) bond motifs is 1. The molecule has 3 aromatic carbocycles. The predicted octanol–water partition coefficient (Wildman–Crippen LogP) is 6.66. The minimum Gasteiger partial charge on any atom is -0.459 e. The Bertz CT molecular complexity index is 1420. The molecule has 1 aromatic heterocycles. The van der Waals surface area contributed by atoms with Gasteiger partial charge in [-0.3, -0.25) is 4.79 Å². The third kappa shape index (κ3) is 5.80. The van der Waals surface area contributed by atoms with Crippen molar-refractivity contribution in [2.45, 2.75) is 38.9 Å². The molecule has 0 spiro atoms. The van der Waals surface area contributed by atoms with Gasteiger partial charge in [-0.1, -0.05) is 36.4 Å². The number of aromatic nitrogens is 1. The van der Waals surface area contributed by atoms with Crippen molar-refractivity contribution in [1.82, 2.24) is 4.98 Å². The molecule has 1 aliphatic rings. The number of carbonyl (C=O) groups excluding carboxylic acids is 1. The van der Waals surface area contributed by atoms with E-state index in [4.69, 9.17) is 14.5 Å². The van der Waals surface area contributed by atoms with E-state index in [9.17, 15) is 9.90 Å². The maximum absolute atomic E-state index is 13.3. The second-order valence-electron chi connectivity index (χ2n) is 9.46. The molecular formula is C31H32N2O4S. The van der Waals surface area contributed by atoms with E-state index in [2.05, 4.69) is 36.5 Å². The monoisotopic (exact) mass is 528 g/mol. The maximum atomic E-state index is 13.3. The highest BCUT2D eigenvalue weighted by Crippen LogP contribution is 2.39. The third-order valence-corrected chi connectivity index (χ3v) is 7.82. The molecule has 0 fully saturated rings. The molecule has 2 N–H and O–H groups in total. The smallest absolute Gasteiger partial charge is 0.290 e. The molecule has 2 heterocycles. The second-order valence-corrected chi connectivity index (χ2v) is 10.5. The van der Waals surface area contributed by atoms with Gasteiger partial charge >= 0.3 is 0 Å². The van der Waals surface area contributed by atoms with Gasteiger partial charge in [-0.2, -0.15) is 0 Å². The molecule has 0 saturated heterocycles. The fourth-order valence-electron chi connectivity index (χ4n) is 4.86. The summed E-state index contributed by atoms with van der Waals surface area (Å²) in [6.07, 6.45) is 2.67. The summed E-state index contributed by atoms with van der Waals surface area (Å²) in [5.41, 5.74) is 4.97. The summed E-state index contributed by atoms with van der Waals surface area (Å²) in [7, 11) is 0.